The van der Waals surface area contributed by atoms with E-state index in [1.807, 2.05) is 39.8 Å². The highest BCUT2D eigenvalue weighted by Gasteiger charge is 2.27. The van der Waals surface area contributed by atoms with E-state index in [0.29, 0.717) is 60.5 Å². The maximum atomic E-state index is 13.4. The molecule has 2 atom stereocenters. The summed E-state index contributed by atoms with van der Waals surface area (Å²) in [5.41, 5.74) is 11.1. The lowest BCUT2D eigenvalue weighted by molar-refractivity contribution is -0.134. The Morgan fingerprint density at radius 1 is 1.23 bits per heavy atom. The Hall–Kier alpha value is -3.83. The number of rotatable bonds is 10. The largest absolute Gasteiger partial charge is 0.391 e. The van der Waals surface area contributed by atoms with Crippen LogP contribution in [0.5, 0.6) is 0 Å². The molecule has 0 bridgehead atoms. The fourth-order valence-electron chi connectivity index (χ4n) is 4.30. The Morgan fingerprint density at radius 2 is 1.95 bits per heavy atom. The maximum Gasteiger partial charge on any atom is 0.252 e. The molecule has 3 rings (SSSR count). The minimum absolute atomic E-state index is 0.0411. The first-order valence-corrected chi connectivity index (χ1v) is 13.1. The quantitative estimate of drug-likeness (QED) is 0.267. The average Bonchev–Trinajstić information content (AvgIpc) is 3.34. The Bertz CT molecular complexity index is 1340. The molecule has 3 amide bonds. The van der Waals surface area contributed by atoms with Gasteiger partial charge in [0.1, 0.15) is 6.04 Å². The van der Waals surface area contributed by atoms with E-state index in [1.165, 1.54) is 6.92 Å². The number of amides is 3. The summed E-state index contributed by atoms with van der Waals surface area (Å²) in [7, 11) is 0. The van der Waals surface area contributed by atoms with E-state index in [1.54, 1.807) is 28.8 Å². The second-order valence-corrected chi connectivity index (χ2v) is 10.2. The number of nitrogens with one attached hydrogen (secondary N) is 2. The Morgan fingerprint density at radius 3 is 2.54 bits per heavy atom. The monoisotopic (exact) mass is 537 g/mol. The number of nitrogens with two attached hydrogens (primary N) is 1. The number of hydrogen-bond donors (Lipinski definition) is 4. The van der Waals surface area contributed by atoms with Gasteiger partial charge in [0, 0.05) is 31.4 Å². The van der Waals surface area contributed by atoms with Crippen molar-refractivity contribution in [1.29, 1.82) is 0 Å². The van der Waals surface area contributed by atoms with Crippen LogP contribution in [0, 0.1) is 0 Å². The van der Waals surface area contributed by atoms with Gasteiger partial charge in [-0.15, -0.1) is 0 Å². The first kappa shape index (κ1) is 29.7. The third-order valence-electron chi connectivity index (χ3n) is 6.86. The van der Waals surface area contributed by atoms with E-state index < -0.39 is 12.1 Å². The molecule has 0 fully saturated rings. The number of pyridine rings is 1. The molecule has 2 unspecified atom stereocenters. The summed E-state index contributed by atoms with van der Waals surface area (Å²) in [4.78, 5) is 43.1. The molecule has 0 radical (unpaired) electrons. The number of aliphatic hydroxyl groups excluding tert-OH is 1. The lowest BCUT2D eigenvalue weighted by atomic mass is 10.0. The van der Waals surface area contributed by atoms with Crippen LogP contribution in [0.1, 0.15) is 70.1 Å². The maximum absolute atomic E-state index is 13.4. The molecule has 2 aromatic rings. The average molecular weight is 538 g/mol. The predicted molar refractivity (Wildman–Crippen MR) is 150 cm³/mol. The summed E-state index contributed by atoms with van der Waals surface area (Å²) in [6.07, 6.45) is 5.67. The van der Waals surface area contributed by atoms with Crippen LogP contribution in [0.25, 0.3) is 16.6 Å². The van der Waals surface area contributed by atoms with Crippen molar-refractivity contribution in [3.8, 4) is 0 Å². The van der Waals surface area contributed by atoms with Crippen LogP contribution in [-0.2, 0) is 9.59 Å². The Kier molecular flexibility index (Phi) is 9.76. The van der Waals surface area contributed by atoms with Crippen LogP contribution in [0.3, 0.4) is 0 Å². The van der Waals surface area contributed by atoms with Gasteiger partial charge in [-0.1, -0.05) is 11.6 Å². The molecule has 1 aliphatic rings. The van der Waals surface area contributed by atoms with Crippen LogP contribution < -0.4 is 16.4 Å². The fourth-order valence-corrected chi connectivity index (χ4v) is 4.30. The third kappa shape index (κ3) is 6.98. The highest BCUT2D eigenvalue weighted by Crippen LogP contribution is 2.27. The highest BCUT2D eigenvalue weighted by atomic mass is 16.3. The number of aromatic nitrogens is 3. The molecule has 1 aliphatic heterocycles. The molecule has 11 nitrogen and oxygen atoms in total. The molecule has 0 spiro atoms. The van der Waals surface area contributed by atoms with Gasteiger partial charge >= 0.3 is 0 Å². The summed E-state index contributed by atoms with van der Waals surface area (Å²) in [6, 6.07) is 0.852. The number of hydrogen-bond acceptors (Lipinski definition) is 7. The first-order chi connectivity index (χ1) is 18.4. The van der Waals surface area contributed by atoms with E-state index in [9.17, 15) is 19.5 Å². The van der Waals surface area contributed by atoms with E-state index in [-0.39, 0.29) is 17.9 Å². The second-order valence-electron chi connectivity index (χ2n) is 10.2. The lowest BCUT2D eigenvalue weighted by Crippen LogP contribution is -2.50. The molecule has 210 valence electrons. The number of aliphatic hydroxyl groups is 1. The van der Waals surface area contributed by atoms with Gasteiger partial charge in [-0.2, -0.15) is 5.10 Å². The summed E-state index contributed by atoms with van der Waals surface area (Å²) < 4.78 is 1.79. The number of allylic oxidation sites excluding steroid dienone is 3. The highest BCUT2D eigenvalue weighted by molar-refractivity contribution is 6.06. The van der Waals surface area contributed by atoms with Crippen LogP contribution in [0.2, 0.25) is 0 Å². The van der Waals surface area contributed by atoms with Crippen molar-refractivity contribution >= 4 is 34.8 Å². The normalized spacial score (nSPS) is 16.5. The number of carbonyl (C=O) groups is 3. The van der Waals surface area contributed by atoms with E-state index in [0.717, 1.165) is 16.7 Å². The molecular formula is C28H39N7O4. The van der Waals surface area contributed by atoms with Crippen LogP contribution in [-0.4, -0.2) is 74.8 Å². The Labute approximate surface area is 228 Å². The van der Waals surface area contributed by atoms with Crippen molar-refractivity contribution in [1.82, 2.24) is 30.3 Å². The van der Waals surface area contributed by atoms with E-state index >= 15 is 0 Å². The molecule has 5 N–H and O–H groups in total. The van der Waals surface area contributed by atoms with Crippen molar-refractivity contribution in [2.45, 2.75) is 66.2 Å². The zero-order valence-electron chi connectivity index (χ0n) is 23.5. The molecular weight excluding hydrogens is 498 g/mol. The minimum Gasteiger partial charge on any atom is -0.391 e. The zero-order chi connectivity index (χ0) is 28.9. The van der Waals surface area contributed by atoms with Crippen molar-refractivity contribution in [3.63, 3.8) is 0 Å². The summed E-state index contributed by atoms with van der Waals surface area (Å²) in [5, 5.41) is 20.4. The van der Waals surface area contributed by atoms with Crippen molar-refractivity contribution in [2.75, 3.05) is 19.6 Å². The van der Waals surface area contributed by atoms with Gasteiger partial charge in [0.05, 0.1) is 28.9 Å². The van der Waals surface area contributed by atoms with Crippen molar-refractivity contribution < 1.29 is 19.5 Å². The minimum atomic E-state index is -0.966. The molecule has 3 heterocycles. The van der Waals surface area contributed by atoms with Crippen LogP contribution >= 0.6 is 0 Å². The number of nitrogens with zero attached hydrogens (tertiary/aromatic N) is 4. The number of carbonyl (C=O) groups excluding carboxylic acids is 3. The fraction of sp³-hybridized carbons (Fsp3) is 0.464. The molecule has 0 aliphatic carbocycles. The van der Waals surface area contributed by atoms with E-state index in [4.69, 9.17) is 10.7 Å². The van der Waals surface area contributed by atoms with Gasteiger partial charge in [0.2, 0.25) is 12.3 Å². The molecule has 39 heavy (non-hydrogen) atoms. The number of fused-ring (bicyclic) bond motifs is 1. The summed E-state index contributed by atoms with van der Waals surface area (Å²) >= 11 is 0. The lowest BCUT2D eigenvalue weighted by Gasteiger charge is -2.29. The summed E-state index contributed by atoms with van der Waals surface area (Å²) in [5.74, 6) is -0.547. The zero-order valence-corrected chi connectivity index (χ0v) is 23.5. The predicted octanol–water partition coefficient (Wildman–Crippen LogP) is 2.05. The van der Waals surface area contributed by atoms with Gasteiger partial charge < -0.3 is 26.4 Å². The van der Waals surface area contributed by atoms with Gasteiger partial charge in [-0.25, -0.2) is 9.67 Å². The third-order valence-corrected chi connectivity index (χ3v) is 6.86. The van der Waals surface area contributed by atoms with Gasteiger partial charge in [-0.05, 0) is 71.3 Å². The SMILES string of the molecule is C/C(=C/C(C)=C(\C)CNC(=O)c1cc(C2=CCN(C(=O)C(N)C(C)O)CC2)nc2c1cnn2C(C)C)NC=O. The van der Waals surface area contributed by atoms with Crippen molar-refractivity contribution in [3.05, 3.63) is 52.5 Å². The van der Waals surface area contributed by atoms with E-state index in [2.05, 4.69) is 15.7 Å². The Balaban J connectivity index is 1.91. The molecule has 11 heteroatoms. The molecule has 0 aromatic carbocycles. The van der Waals surface area contributed by atoms with Gasteiger partial charge in [-0.3, -0.25) is 14.4 Å². The standard InChI is InChI=1S/C28H39N7O4/c1-16(2)35-26-23(14-32-35)22(27(38)30-13-18(4)17(3)11-19(5)31-15-36)12-24(33-26)21-7-9-34(10-8-21)28(39)25(29)20(6)37/h7,11-12,14-16,20,25,37H,8-10,13,29H2,1-6H3,(H,30,38)(H,31,36)/b18-17+,19-11-. The molecule has 0 saturated heterocycles. The second kappa shape index (κ2) is 12.8. The van der Waals surface area contributed by atoms with Crippen LogP contribution in [0.15, 0.2) is 41.3 Å². The molecule has 2 aromatic heterocycles. The van der Waals surface area contributed by atoms with Gasteiger partial charge in [0.25, 0.3) is 5.91 Å². The first-order valence-electron chi connectivity index (χ1n) is 13.1. The summed E-state index contributed by atoms with van der Waals surface area (Å²) in [6.45, 7) is 12.2. The smallest absolute Gasteiger partial charge is 0.252 e. The van der Waals surface area contributed by atoms with Crippen LogP contribution in [0.4, 0.5) is 0 Å². The molecule has 0 saturated carbocycles. The topological polar surface area (TPSA) is 155 Å². The van der Waals surface area contributed by atoms with Crippen molar-refractivity contribution in [2.24, 2.45) is 5.73 Å². The van der Waals surface area contributed by atoms with Gasteiger partial charge in [0.15, 0.2) is 5.65 Å².